The van der Waals surface area contributed by atoms with Crippen molar-refractivity contribution in [1.29, 1.82) is 0 Å². The van der Waals surface area contributed by atoms with E-state index in [0.717, 1.165) is 4.88 Å². The Bertz CT molecular complexity index is 1190. The van der Waals surface area contributed by atoms with Gasteiger partial charge in [-0.2, -0.15) is 0 Å². The molecule has 1 aromatic heterocycles. The van der Waals surface area contributed by atoms with E-state index in [9.17, 15) is 14.4 Å². The normalized spacial score (nSPS) is 10.8. The first-order valence-electron chi connectivity index (χ1n) is 9.87. The lowest BCUT2D eigenvalue weighted by molar-refractivity contribution is -0.114. The number of nitrogens with one attached hydrogen (secondary N) is 3. The summed E-state index contributed by atoms with van der Waals surface area (Å²) in [5.41, 5.74) is 1.36. The zero-order chi connectivity index (χ0) is 23.8. The predicted molar refractivity (Wildman–Crippen MR) is 129 cm³/mol. The van der Waals surface area contributed by atoms with Crippen LogP contribution in [0.3, 0.4) is 0 Å². The maximum Gasteiger partial charge on any atom is 0.272 e. The number of ether oxygens (including phenoxy) is 2. The lowest BCUT2D eigenvalue weighted by Crippen LogP contribution is -2.30. The summed E-state index contributed by atoms with van der Waals surface area (Å²) in [6, 6.07) is 15.1. The molecular weight excluding hydrogens is 442 g/mol. The maximum atomic E-state index is 13.0. The van der Waals surface area contributed by atoms with E-state index in [-0.39, 0.29) is 11.6 Å². The van der Waals surface area contributed by atoms with E-state index in [1.165, 1.54) is 38.5 Å². The van der Waals surface area contributed by atoms with Crippen LogP contribution in [0.15, 0.2) is 65.7 Å². The molecule has 0 aliphatic carbocycles. The Labute approximate surface area is 195 Å². The van der Waals surface area contributed by atoms with Gasteiger partial charge < -0.3 is 25.4 Å². The fraction of sp³-hybridized carbons (Fsp3) is 0.125. The number of methoxy groups -OCH3 is 2. The Kier molecular flexibility index (Phi) is 7.82. The molecule has 170 valence electrons. The van der Waals surface area contributed by atoms with Crippen molar-refractivity contribution in [3.05, 3.63) is 76.1 Å². The molecule has 1 heterocycles. The Morgan fingerprint density at radius 3 is 2.24 bits per heavy atom. The Balaban J connectivity index is 1.84. The summed E-state index contributed by atoms with van der Waals surface area (Å²) >= 11 is 1.43. The van der Waals surface area contributed by atoms with Crippen molar-refractivity contribution in [2.75, 3.05) is 24.9 Å². The third-order valence-electron chi connectivity index (χ3n) is 4.41. The van der Waals surface area contributed by atoms with Gasteiger partial charge >= 0.3 is 0 Å². The topological polar surface area (TPSA) is 106 Å². The van der Waals surface area contributed by atoms with Crippen molar-refractivity contribution in [1.82, 2.24) is 5.32 Å². The number of rotatable bonds is 8. The lowest BCUT2D eigenvalue weighted by Gasteiger charge is -2.13. The molecule has 0 aliphatic heterocycles. The molecule has 3 N–H and O–H groups in total. The van der Waals surface area contributed by atoms with Crippen LogP contribution in [0.1, 0.15) is 22.2 Å². The van der Waals surface area contributed by atoms with Gasteiger partial charge in [0.15, 0.2) is 11.5 Å². The van der Waals surface area contributed by atoms with Crippen LogP contribution >= 0.6 is 11.3 Å². The minimum Gasteiger partial charge on any atom is -0.493 e. The number of anilines is 2. The number of carbonyl (C=O) groups excluding carboxylic acids is 3. The van der Waals surface area contributed by atoms with E-state index in [1.54, 1.807) is 42.5 Å². The molecule has 0 bridgehead atoms. The first-order valence-corrected chi connectivity index (χ1v) is 10.7. The minimum atomic E-state index is -0.516. The number of hydrogen-bond donors (Lipinski definition) is 3. The average molecular weight is 466 g/mol. The van der Waals surface area contributed by atoms with Gasteiger partial charge in [-0.05, 0) is 53.9 Å². The van der Waals surface area contributed by atoms with Crippen molar-refractivity contribution in [3.63, 3.8) is 0 Å². The number of thiophene rings is 1. The quantitative estimate of drug-likeness (QED) is 0.434. The molecule has 0 saturated carbocycles. The second-order valence-electron chi connectivity index (χ2n) is 6.81. The van der Waals surface area contributed by atoms with Crippen LogP contribution in [0.25, 0.3) is 6.08 Å². The molecule has 8 nitrogen and oxygen atoms in total. The van der Waals surface area contributed by atoms with Gasteiger partial charge in [0, 0.05) is 28.7 Å². The molecule has 0 atom stereocenters. The van der Waals surface area contributed by atoms with Crippen LogP contribution in [-0.2, 0) is 9.59 Å². The Morgan fingerprint density at radius 2 is 1.61 bits per heavy atom. The van der Waals surface area contributed by atoms with E-state index in [4.69, 9.17) is 9.47 Å². The van der Waals surface area contributed by atoms with Crippen molar-refractivity contribution in [3.8, 4) is 11.5 Å². The van der Waals surface area contributed by atoms with Gasteiger partial charge in [0.1, 0.15) is 5.70 Å². The van der Waals surface area contributed by atoms with Crippen LogP contribution < -0.4 is 25.4 Å². The van der Waals surface area contributed by atoms with E-state index in [0.29, 0.717) is 28.4 Å². The molecule has 0 aliphatic rings. The smallest absolute Gasteiger partial charge is 0.272 e. The third kappa shape index (κ3) is 6.44. The fourth-order valence-corrected chi connectivity index (χ4v) is 3.58. The van der Waals surface area contributed by atoms with Crippen LogP contribution in [0.2, 0.25) is 0 Å². The highest BCUT2D eigenvalue weighted by molar-refractivity contribution is 7.10. The first kappa shape index (κ1) is 23.6. The summed E-state index contributed by atoms with van der Waals surface area (Å²) in [7, 11) is 2.98. The number of amides is 3. The van der Waals surface area contributed by atoms with E-state index in [1.807, 2.05) is 17.5 Å². The molecule has 0 spiro atoms. The van der Waals surface area contributed by atoms with Crippen LogP contribution in [0.4, 0.5) is 11.4 Å². The minimum absolute atomic E-state index is 0.0576. The Morgan fingerprint density at radius 1 is 0.879 bits per heavy atom. The predicted octanol–water partition coefficient (Wildman–Crippen LogP) is 4.13. The summed E-state index contributed by atoms with van der Waals surface area (Å²) in [6.07, 6.45) is 1.59. The summed E-state index contributed by atoms with van der Waals surface area (Å²) in [5, 5.41) is 9.96. The van der Waals surface area contributed by atoms with Crippen LogP contribution in [0.5, 0.6) is 11.5 Å². The monoisotopic (exact) mass is 465 g/mol. The standard InChI is InChI=1S/C24H23N3O5S/c1-15(28)25-17-6-4-7-18(13-17)26-24(30)20(14-19-8-5-11-33-19)27-23(29)16-9-10-21(31-2)22(12-16)32-3/h4-14H,1-3H3,(H,25,28)(H,26,30)(H,27,29)/b20-14-. The highest BCUT2D eigenvalue weighted by Gasteiger charge is 2.17. The molecule has 9 heteroatoms. The van der Waals surface area contributed by atoms with Gasteiger partial charge in [-0.1, -0.05) is 12.1 Å². The summed E-state index contributed by atoms with van der Waals surface area (Å²) < 4.78 is 10.5. The lowest BCUT2D eigenvalue weighted by atomic mass is 10.1. The molecule has 2 aromatic carbocycles. The van der Waals surface area contributed by atoms with Crippen molar-refractivity contribution >= 4 is 46.5 Å². The van der Waals surface area contributed by atoms with Gasteiger partial charge in [-0.3, -0.25) is 14.4 Å². The van der Waals surface area contributed by atoms with E-state index < -0.39 is 11.8 Å². The highest BCUT2D eigenvalue weighted by Crippen LogP contribution is 2.27. The largest absolute Gasteiger partial charge is 0.493 e. The van der Waals surface area contributed by atoms with Gasteiger partial charge in [-0.25, -0.2) is 0 Å². The highest BCUT2D eigenvalue weighted by atomic mass is 32.1. The molecule has 0 radical (unpaired) electrons. The number of carbonyl (C=O) groups is 3. The average Bonchev–Trinajstić information content (AvgIpc) is 3.31. The summed E-state index contributed by atoms with van der Waals surface area (Å²) in [6.45, 7) is 1.40. The van der Waals surface area contributed by atoms with Gasteiger partial charge in [-0.15, -0.1) is 11.3 Å². The third-order valence-corrected chi connectivity index (χ3v) is 5.23. The van der Waals surface area contributed by atoms with Crippen LogP contribution in [0, 0.1) is 0 Å². The van der Waals surface area contributed by atoms with Gasteiger partial charge in [0.2, 0.25) is 5.91 Å². The van der Waals surface area contributed by atoms with Crippen molar-refractivity contribution < 1.29 is 23.9 Å². The second-order valence-corrected chi connectivity index (χ2v) is 7.79. The van der Waals surface area contributed by atoms with E-state index in [2.05, 4.69) is 16.0 Å². The molecule has 3 aromatic rings. The molecule has 0 fully saturated rings. The summed E-state index contributed by atoms with van der Waals surface area (Å²) in [5.74, 6) is -0.342. The fourth-order valence-electron chi connectivity index (χ4n) is 2.92. The Hall–Kier alpha value is -4.11. The molecule has 3 amide bonds. The van der Waals surface area contributed by atoms with Gasteiger partial charge in [0.25, 0.3) is 11.8 Å². The zero-order valence-electron chi connectivity index (χ0n) is 18.3. The SMILES string of the molecule is COc1ccc(C(=O)N/C(=C\c2cccs2)C(=O)Nc2cccc(NC(C)=O)c2)cc1OC. The van der Waals surface area contributed by atoms with Gasteiger partial charge in [0.05, 0.1) is 14.2 Å². The first-order chi connectivity index (χ1) is 15.9. The molecule has 0 unspecified atom stereocenters. The molecule has 0 saturated heterocycles. The van der Waals surface area contributed by atoms with Crippen molar-refractivity contribution in [2.45, 2.75) is 6.92 Å². The van der Waals surface area contributed by atoms with Crippen molar-refractivity contribution in [2.24, 2.45) is 0 Å². The zero-order valence-corrected chi connectivity index (χ0v) is 19.1. The van der Waals surface area contributed by atoms with Crippen LogP contribution in [-0.4, -0.2) is 31.9 Å². The summed E-state index contributed by atoms with van der Waals surface area (Å²) in [4.78, 5) is 38.0. The molecular formula is C24H23N3O5S. The number of benzene rings is 2. The maximum absolute atomic E-state index is 13.0. The second kappa shape index (κ2) is 11.0. The molecule has 33 heavy (non-hydrogen) atoms. The molecule has 3 rings (SSSR count). The number of hydrogen-bond acceptors (Lipinski definition) is 6. The van der Waals surface area contributed by atoms with E-state index >= 15 is 0 Å².